The summed E-state index contributed by atoms with van der Waals surface area (Å²) in [6.45, 7) is 2.25. The van der Waals surface area contributed by atoms with Crippen molar-refractivity contribution in [3.05, 3.63) is 10.5 Å². The summed E-state index contributed by atoms with van der Waals surface area (Å²) in [7, 11) is 0. The van der Waals surface area contributed by atoms with Crippen molar-refractivity contribution in [3.63, 3.8) is 0 Å². The Labute approximate surface area is 104 Å². The van der Waals surface area contributed by atoms with Crippen molar-refractivity contribution in [2.75, 3.05) is 18.8 Å². The predicted octanol–water partition coefficient (Wildman–Crippen LogP) is 0.998. The molecule has 6 heteroatoms. The van der Waals surface area contributed by atoms with E-state index in [4.69, 9.17) is 0 Å². The molecule has 1 saturated carbocycles. The van der Waals surface area contributed by atoms with Gasteiger partial charge in [0.25, 0.3) is 0 Å². The summed E-state index contributed by atoms with van der Waals surface area (Å²) in [5.74, 6) is 1.78. The van der Waals surface area contributed by atoms with Gasteiger partial charge < -0.3 is 5.32 Å². The molecule has 5 nitrogen and oxygen atoms in total. The average Bonchev–Trinajstić information content (AvgIpc) is 3.12. The fourth-order valence-corrected chi connectivity index (χ4v) is 3.46. The quantitative estimate of drug-likeness (QED) is 0.787. The zero-order valence-electron chi connectivity index (χ0n) is 9.82. The first-order valence-electron chi connectivity index (χ1n) is 6.35. The second-order valence-electron chi connectivity index (χ2n) is 4.94. The molecule has 2 aliphatic rings. The number of aromatic amines is 1. The molecule has 2 heterocycles. The summed E-state index contributed by atoms with van der Waals surface area (Å²) in [4.78, 5) is 11.6. The minimum Gasteiger partial charge on any atom is -0.316 e. The Morgan fingerprint density at radius 1 is 1.41 bits per heavy atom. The van der Waals surface area contributed by atoms with Gasteiger partial charge in [-0.3, -0.25) is 4.57 Å². The van der Waals surface area contributed by atoms with E-state index in [2.05, 4.69) is 15.5 Å². The predicted molar refractivity (Wildman–Crippen MR) is 67.4 cm³/mol. The molecular weight excluding hydrogens is 236 g/mol. The van der Waals surface area contributed by atoms with E-state index in [-0.39, 0.29) is 5.69 Å². The molecule has 17 heavy (non-hydrogen) atoms. The summed E-state index contributed by atoms with van der Waals surface area (Å²) in [5.41, 5.74) is -0.0447. The maximum absolute atomic E-state index is 11.6. The monoisotopic (exact) mass is 254 g/mol. The molecule has 1 atom stereocenters. The second kappa shape index (κ2) is 4.86. The highest BCUT2D eigenvalue weighted by Crippen LogP contribution is 2.36. The van der Waals surface area contributed by atoms with E-state index in [1.807, 2.05) is 4.57 Å². The fourth-order valence-electron chi connectivity index (χ4n) is 2.31. The maximum Gasteiger partial charge on any atom is 0.344 e. The largest absolute Gasteiger partial charge is 0.344 e. The maximum atomic E-state index is 11.6. The van der Waals surface area contributed by atoms with Crippen molar-refractivity contribution in [2.45, 2.75) is 36.9 Å². The molecule has 0 radical (unpaired) electrons. The minimum atomic E-state index is -0.0447. The first-order valence-corrected chi connectivity index (χ1v) is 7.33. The molecule has 1 unspecified atom stereocenters. The third kappa shape index (κ3) is 2.57. The molecule has 3 rings (SSSR count). The molecule has 1 saturated heterocycles. The Bertz CT molecular complexity index is 431. The first-order chi connectivity index (χ1) is 8.34. The number of nitrogens with zero attached hydrogens (tertiary/aromatic N) is 2. The number of aromatic nitrogens is 3. The minimum absolute atomic E-state index is 0.0447. The first kappa shape index (κ1) is 11.3. The Morgan fingerprint density at radius 2 is 2.29 bits per heavy atom. The number of nitrogens with one attached hydrogen (secondary N) is 2. The van der Waals surface area contributed by atoms with Crippen molar-refractivity contribution in [1.82, 2.24) is 20.1 Å². The van der Waals surface area contributed by atoms with Crippen LogP contribution in [0.4, 0.5) is 0 Å². The topological polar surface area (TPSA) is 62.7 Å². The summed E-state index contributed by atoms with van der Waals surface area (Å²) >= 11 is 1.72. The van der Waals surface area contributed by atoms with Crippen molar-refractivity contribution >= 4 is 11.8 Å². The van der Waals surface area contributed by atoms with Crippen LogP contribution in [0.25, 0.3) is 0 Å². The van der Waals surface area contributed by atoms with E-state index in [9.17, 15) is 4.79 Å². The van der Waals surface area contributed by atoms with Gasteiger partial charge in [-0.15, -0.1) is 5.10 Å². The SMILES string of the molecule is O=c1[nH]nc(SCC2CCCNC2)n1C1CC1. The van der Waals surface area contributed by atoms with E-state index >= 15 is 0 Å². The van der Waals surface area contributed by atoms with E-state index in [0.717, 1.165) is 36.8 Å². The van der Waals surface area contributed by atoms with Gasteiger partial charge in [-0.2, -0.15) is 0 Å². The molecule has 1 aliphatic carbocycles. The van der Waals surface area contributed by atoms with E-state index in [1.165, 1.54) is 12.8 Å². The van der Waals surface area contributed by atoms with Gasteiger partial charge in [-0.25, -0.2) is 9.89 Å². The lowest BCUT2D eigenvalue weighted by Crippen LogP contribution is -2.31. The number of rotatable bonds is 4. The number of hydrogen-bond donors (Lipinski definition) is 2. The molecule has 0 amide bonds. The van der Waals surface area contributed by atoms with Crippen LogP contribution in [-0.4, -0.2) is 33.6 Å². The van der Waals surface area contributed by atoms with E-state index < -0.39 is 0 Å². The Hall–Kier alpha value is -0.750. The van der Waals surface area contributed by atoms with Gasteiger partial charge in [0.1, 0.15) is 0 Å². The summed E-state index contributed by atoms with van der Waals surface area (Å²) in [6, 6.07) is 0.410. The van der Waals surface area contributed by atoms with E-state index in [1.54, 1.807) is 11.8 Å². The summed E-state index contributed by atoms with van der Waals surface area (Å²) in [5, 5.41) is 11.0. The number of thioether (sulfide) groups is 1. The van der Waals surface area contributed by atoms with Crippen molar-refractivity contribution in [2.24, 2.45) is 5.92 Å². The molecule has 94 valence electrons. The van der Waals surface area contributed by atoms with Gasteiger partial charge in [0.2, 0.25) is 0 Å². The van der Waals surface area contributed by atoms with Gasteiger partial charge >= 0.3 is 5.69 Å². The number of piperidine rings is 1. The van der Waals surface area contributed by atoms with Crippen molar-refractivity contribution < 1.29 is 0 Å². The van der Waals surface area contributed by atoms with Gasteiger partial charge in [-0.1, -0.05) is 11.8 Å². The van der Waals surface area contributed by atoms with Crippen LogP contribution in [0.5, 0.6) is 0 Å². The third-order valence-electron chi connectivity index (χ3n) is 3.43. The summed E-state index contributed by atoms with van der Waals surface area (Å²) in [6.07, 6.45) is 4.80. The average molecular weight is 254 g/mol. The normalized spacial score (nSPS) is 25.1. The third-order valence-corrected chi connectivity index (χ3v) is 4.62. The lowest BCUT2D eigenvalue weighted by molar-refractivity contribution is 0.410. The van der Waals surface area contributed by atoms with E-state index in [0.29, 0.717) is 12.0 Å². The van der Waals surface area contributed by atoms with Crippen LogP contribution in [0.15, 0.2) is 9.95 Å². The van der Waals surface area contributed by atoms with Gasteiger partial charge in [-0.05, 0) is 44.7 Å². The number of H-pyrrole nitrogens is 1. The molecular formula is C11H18N4OS. The van der Waals surface area contributed by atoms with Crippen LogP contribution in [0.1, 0.15) is 31.7 Å². The molecule has 0 bridgehead atoms. The van der Waals surface area contributed by atoms with Crippen LogP contribution in [0.2, 0.25) is 0 Å². The lowest BCUT2D eigenvalue weighted by Gasteiger charge is -2.21. The Kier molecular flexibility index (Phi) is 3.24. The van der Waals surface area contributed by atoms with Crippen LogP contribution >= 0.6 is 11.8 Å². The molecule has 1 aliphatic heterocycles. The zero-order valence-corrected chi connectivity index (χ0v) is 10.6. The number of hydrogen-bond acceptors (Lipinski definition) is 4. The molecule has 0 spiro atoms. The highest BCUT2D eigenvalue weighted by molar-refractivity contribution is 7.99. The fraction of sp³-hybridized carbons (Fsp3) is 0.818. The standard InChI is InChI=1S/C11H18N4OS/c16-10-13-14-11(15(10)9-3-4-9)17-7-8-2-1-5-12-6-8/h8-9,12H,1-7H2,(H,13,16). The lowest BCUT2D eigenvalue weighted by atomic mass is 10.0. The second-order valence-corrected chi connectivity index (χ2v) is 5.92. The van der Waals surface area contributed by atoms with Gasteiger partial charge in [0, 0.05) is 11.8 Å². The molecule has 1 aromatic heterocycles. The van der Waals surface area contributed by atoms with Crippen LogP contribution in [-0.2, 0) is 0 Å². The highest BCUT2D eigenvalue weighted by atomic mass is 32.2. The Morgan fingerprint density at radius 3 is 3.00 bits per heavy atom. The summed E-state index contributed by atoms with van der Waals surface area (Å²) < 4.78 is 1.83. The Balaban J connectivity index is 1.62. The molecule has 2 fully saturated rings. The van der Waals surface area contributed by atoms with Crippen molar-refractivity contribution in [1.29, 1.82) is 0 Å². The molecule has 0 aromatic carbocycles. The molecule has 2 N–H and O–H groups in total. The van der Waals surface area contributed by atoms with Crippen molar-refractivity contribution in [3.8, 4) is 0 Å². The van der Waals surface area contributed by atoms with Crippen LogP contribution in [0, 0.1) is 5.92 Å². The highest BCUT2D eigenvalue weighted by Gasteiger charge is 2.28. The van der Waals surface area contributed by atoms with Gasteiger partial charge in [0.15, 0.2) is 5.16 Å². The van der Waals surface area contributed by atoms with Crippen LogP contribution < -0.4 is 11.0 Å². The molecule has 1 aromatic rings. The van der Waals surface area contributed by atoms with Gasteiger partial charge in [0.05, 0.1) is 0 Å². The van der Waals surface area contributed by atoms with Crippen LogP contribution in [0.3, 0.4) is 0 Å². The smallest absolute Gasteiger partial charge is 0.316 e. The zero-order chi connectivity index (χ0) is 11.7.